The minimum Gasteiger partial charge on any atom is -0.368 e. The molecule has 0 saturated carbocycles. The summed E-state index contributed by atoms with van der Waals surface area (Å²) in [7, 11) is 0. The Kier molecular flexibility index (Phi) is 3.68. The standard InChI is InChI=1S/C11H17N3OS/c1-8(2)14-5-6-15-9(7-14)11-12-4-3-10(16)13-11/h3-4,8-9H,5-7H2,1-2H3,(H,12,13,16). The first-order chi connectivity index (χ1) is 7.66. The molecule has 88 valence electrons. The predicted octanol–water partition coefficient (Wildman–Crippen LogP) is 1.92. The summed E-state index contributed by atoms with van der Waals surface area (Å²) in [6.07, 6.45) is 1.74. The zero-order valence-electron chi connectivity index (χ0n) is 9.64. The number of hydrogen-bond acceptors (Lipinski definition) is 4. The van der Waals surface area contributed by atoms with Crippen LogP contribution >= 0.6 is 12.2 Å². The highest BCUT2D eigenvalue weighted by Crippen LogP contribution is 2.19. The zero-order chi connectivity index (χ0) is 11.5. The van der Waals surface area contributed by atoms with Crippen LogP contribution in [0.15, 0.2) is 12.3 Å². The average Bonchev–Trinajstić information content (AvgIpc) is 2.29. The van der Waals surface area contributed by atoms with Gasteiger partial charge in [0.25, 0.3) is 0 Å². The van der Waals surface area contributed by atoms with Crippen LogP contribution in [0, 0.1) is 4.64 Å². The number of ether oxygens (including phenoxy) is 1. The summed E-state index contributed by atoms with van der Waals surface area (Å²) < 4.78 is 6.42. The predicted molar refractivity (Wildman–Crippen MR) is 64.8 cm³/mol. The average molecular weight is 239 g/mol. The normalized spacial score (nSPS) is 22.6. The number of aromatic nitrogens is 2. The topological polar surface area (TPSA) is 41.1 Å². The van der Waals surface area contributed by atoms with Crippen LogP contribution in [-0.4, -0.2) is 40.6 Å². The van der Waals surface area contributed by atoms with E-state index in [4.69, 9.17) is 17.0 Å². The summed E-state index contributed by atoms with van der Waals surface area (Å²) in [5.74, 6) is 0.831. The fourth-order valence-corrected chi connectivity index (χ4v) is 2.02. The van der Waals surface area contributed by atoms with Crippen LogP contribution in [0.3, 0.4) is 0 Å². The first-order valence-electron chi connectivity index (χ1n) is 5.57. The van der Waals surface area contributed by atoms with Gasteiger partial charge in [-0.3, -0.25) is 4.90 Å². The number of H-pyrrole nitrogens is 1. The smallest absolute Gasteiger partial charge is 0.137 e. The molecule has 0 spiro atoms. The van der Waals surface area contributed by atoms with Crippen LogP contribution in [0.1, 0.15) is 25.8 Å². The Morgan fingerprint density at radius 1 is 1.62 bits per heavy atom. The summed E-state index contributed by atoms with van der Waals surface area (Å²) in [5, 5.41) is 0. The molecule has 16 heavy (non-hydrogen) atoms. The van der Waals surface area contributed by atoms with Gasteiger partial charge < -0.3 is 9.72 Å². The van der Waals surface area contributed by atoms with E-state index in [1.165, 1.54) is 0 Å². The summed E-state index contributed by atoms with van der Waals surface area (Å²) in [5.41, 5.74) is 0. The minimum absolute atomic E-state index is 0.0130. The second kappa shape index (κ2) is 5.03. The largest absolute Gasteiger partial charge is 0.368 e. The van der Waals surface area contributed by atoms with Crippen molar-refractivity contribution in [3.63, 3.8) is 0 Å². The van der Waals surface area contributed by atoms with Gasteiger partial charge in [-0.1, -0.05) is 12.2 Å². The SMILES string of the molecule is CC(C)N1CCOC(c2nccc(=S)[nH]2)C1. The molecule has 0 aromatic carbocycles. The van der Waals surface area contributed by atoms with Crippen molar-refractivity contribution in [1.29, 1.82) is 0 Å². The molecule has 5 heteroatoms. The molecule has 0 amide bonds. The van der Waals surface area contributed by atoms with E-state index in [1.807, 2.05) is 0 Å². The second-order valence-corrected chi connectivity index (χ2v) is 4.71. The molecular formula is C11H17N3OS. The molecular weight excluding hydrogens is 222 g/mol. The Hall–Kier alpha value is -0.780. The van der Waals surface area contributed by atoms with Gasteiger partial charge in [0.15, 0.2) is 0 Å². The van der Waals surface area contributed by atoms with E-state index in [-0.39, 0.29) is 6.10 Å². The molecule has 2 rings (SSSR count). The number of hydrogen-bond donors (Lipinski definition) is 1. The van der Waals surface area contributed by atoms with Gasteiger partial charge in [-0.05, 0) is 19.9 Å². The molecule has 1 atom stereocenters. The third-order valence-electron chi connectivity index (χ3n) is 2.82. The zero-order valence-corrected chi connectivity index (χ0v) is 10.5. The summed E-state index contributed by atoms with van der Waals surface area (Å²) in [6, 6.07) is 2.32. The third-order valence-corrected chi connectivity index (χ3v) is 3.06. The van der Waals surface area contributed by atoms with E-state index in [2.05, 4.69) is 28.7 Å². The lowest BCUT2D eigenvalue weighted by molar-refractivity contribution is -0.0443. The van der Waals surface area contributed by atoms with Gasteiger partial charge in [-0.2, -0.15) is 0 Å². The quantitative estimate of drug-likeness (QED) is 0.801. The molecule has 1 fully saturated rings. The van der Waals surface area contributed by atoms with Crippen molar-refractivity contribution in [3.05, 3.63) is 22.7 Å². The van der Waals surface area contributed by atoms with Crippen molar-refractivity contribution in [1.82, 2.24) is 14.9 Å². The molecule has 2 heterocycles. The van der Waals surface area contributed by atoms with E-state index in [1.54, 1.807) is 12.3 Å². The molecule has 0 bridgehead atoms. The molecule has 1 aromatic heterocycles. The highest BCUT2D eigenvalue weighted by Gasteiger charge is 2.24. The van der Waals surface area contributed by atoms with Crippen LogP contribution in [-0.2, 0) is 4.74 Å². The summed E-state index contributed by atoms with van der Waals surface area (Å²) in [6.45, 7) is 7.01. The van der Waals surface area contributed by atoms with Gasteiger partial charge in [0, 0.05) is 25.3 Å². The maximum absolute atomic E-state index is 5.72. The fourth-order valence-electron chi connectivity index (χ4n) is 1.85. The minimum atomic E-state index is 0.0130. The molecule has 0 radical (unpaired) electrons. The van der Waals surface area contributed by atoms with Crippen molar-refractivity contribution >= 4 is 12.2 Å². The van der Waals surface area contributed by atoms with Crippen LogP contribution in [0.4, 0.5) is 0 Å². The van der Waals surface area contributed by atoms with E-state index in [0.29, 0.717) is 10.7 Å². The number of aromatic amines is 1. The van der Waals surface area contributed by atoms with Crippen molar-refractivity contribution in [2.24, 2.45) is 0 Å². The van der Waals surface area contributed by atoms with Crippen molar-refractivity contribution in [3.8, 4) is 0 Å². The number of nitrogens with one attached hydrogen (secondary N) is 1. The molecule has 1 N–H and O–H groups in total. The van der Waals surface area contributed by atoms with Gasteiger partial charge in [0.05, 0.1) is 6.61 Å². The third kappa shape index (κ3) is 2.66. The van der Waals surface area contributed by atoms with E-state index in [0.717, 1.165) is 25.5 Å². The number of rotatable bonds is 2. The molecule has 0 aliphatic carbocycles. The van der Waals surface area contributed by atoms with Crippen LogP contribution in [0.5, 0.6) is 0 Å². The van der Waals surface area contributed by atoms with Gasteiger partial charge >= 0.3 is 0 Å². The van der Waals surface area contributed by atoms with Crippen LogP contribution in [0.25, 0.3) is 0 Å². The van der Waals surface area contributed by atoms with Gasteiger partial charge in [-0.25, -0.2) is 4.98 Å². The van der Waals surface area contributed by atoms with E-state index < -0.39 is 0 Å². The Morgan fingerprint density at radius 3 is 3.12 bits per heavy atom. The van der Waals surface area contributed by atoms with Gasteiger partial charge in [0.1, 0.15) is 16.6 Å². The van der Waals surface area contributed by atoms with Crippen molar-refractivity contribution in [2.45, 2.75) is 26.0 Å². The lowest BCUT2D eigenvalue weighted by atomic mass is 10.2. The second-order valence-electron chi connectivity index (χ2n) is 4.27. The highest BCUT2D eigenvalue weighted by atomic mass is 32.1. The Morgan fingerprint density at radius 2 is 2.44 bits per heavy atom. The van der Waals surface area contributed by atoms with Crippen molar-refractivity contribution < 1.29 is 4.74 Å². The molecule has 1 aliphatic heterocycles. The van der Waals surface area contributed by atoms with Gasteiger partial charge in [-0.15, -0.1) is 0 Å². The number of nitrogens with zero attached hydrogens (tertiary/aromatic N) is 2. The molecule has 1 aromatic rings. The van der Waals surface area contributed by atoms with Crippen molar-refractivity contribution in [2.75, 3.05) is 19.7 Å². The molecule has 1 saturated heterocycles. The highest BCUT2D eigenvalue weighted by molar-refractivity contribution is 7.71. The lowest BCUT2D eigenvalue weighted by Crippen LogP contribution is -2.42. The summed E-state index contributed by atoms with van der Waals surface area (Å²) in [4.78, 5) is 9.76. The monoisotopic (exact) mass is 239 g/mol. The first kappa shape index (κ1) is 11.7. The Labute approximate surface area is 101 Å². The van der Waals surface area contributed by atoms with Crippen LogP contribution in [0.2, 0.25) is 0 Å². The molecule has 1 aliphatic rings. The number of morpholine rings is 1. The van der Waals surface area contributed by atoms with Crippen LogP contribution < -0.4 is 0 Å². The first-order valence-corrected chi connectivity index (χ1v) is 5.98. The Bertz CT molecular complexity index is 404. The lowest BCUT2D eigenvalue weighted by Gasteiger charge is -2.34. The molecule has 4 nitrogen and oxygen atoms in total. The fraction of sp³-hybridized carbons (Fsp3) is 0.636. The Balaban J connectivity index is 2.12. The van der Waals surface area contributed by atoms with E-state index in [9.17, 15) is 0 Å². The molecule has 1 unspecified atom stereocenters. The summed E-state index contributed by atoms with van der Waals surface area (Å²) >= 11 is 5.09. The van der Waals surface area contributed by atoms with Gasteiger partial charge in [0.2, 0.25) is 0 Å². The maximum atomic E-state index is 5.72. The van der Waals surface area contributed by atoms with E-state index >= 15 is 0 Å². The maximum Gasteiger partial charge on any atom is 0.137 e.